The van der Waals surface area contributed by atoms with Gasteiger partial charge in [0.15, 0.2) is 0 Å². The van der Waals surface area contributed by atoms with Crippen LogP contribution in [0.3, 0.4) is 0 Å². The number of hydrogen-bond donors (Lipinski definition) is 2. The molecule has 0 aromatic carbocycles. The molecule has 1 heterocycles. The minimum atomic E-state index is 0.00926. The van der Waals surface area contributed by atoms with Crippen molar-refractivity contribution in [2.75, 3.05) is 6.54 Å². The zero-order chi connectivity index (χ0) is 6.15. The molecule has 1 saturated heterocycles. The third kappa shape index (κ3) is 0.690. The maximum Gasteiger partial charge on any atom is 0.224 e. The first kappa shape index (κ1) is 5.56. The van der Waals surface area contributed by atoms with Gasteiger partial charge in [-0.25, -0.2) is 0 Å². The van der Waals surface area contributed by atoms with Crippen LogP contribution >= 0.6 is 0 Å². The summed E-state index contributed by atoms with van der Waals surface area (Å²) in [7, 11) is 0. The fourth-order valence-corrected chi connectivity index (χ4v) is 0.751. The molecule has 1 aliphatic heterocycles. The highest BCUT2D eigenvalue weighted by Crippen LogP contribution is 2.05. The predicted molar refractivity (Wildman–Crippen MR) is 30.1 cm³/mol. The van der Waals surface area contributed by atoms with E-state index in [0.29, 0.717) is 6.54 Å². The molecule has 0 bridgehead atoms. The van der Waals surface area contributed by atoms with Crippen LogP contribution in [0.1, 0.15) is 6.92 Å². The molecule has 1 amide bonds. The van der Waals surface area contributed by atoms with Crippen LogP contribution in [-0.4, -0.2) is 18.5 Å². The van der Waals surface area contributed by atoms with Gasteiger partial charge in [-0.15, -0.1) is 0 Å². The van der Waals surface area contributed by atoms with E-state index in [1.165, 1.54) is 0 Å². The summed E-state index contributed by atoms with van der Waals surface area (Å²) in [4.78, 5) is 10.6. The molecule has 3 nitrogen and oxygen atoms in total. The summed E-state index contributed by atoms with van der Waals surface area (Å²) in [6, 6.07) is 0.0301. The van der Waals surface area contributed by atoms with Crippen LogP contribution in [0.4, 0.5) is 0 Å². The minimum Gasteiger partial charge on any atom is -0.354 e. The predicted octanol–water partition coefficient (Wildman–Crippen LogP) is -0.920. The molecule has 2 unspecified atom stereocenters. The fourth-order valence-electron chi connectivity index (χ4n) is 0.751. The Kier molecular flexibility index (Phi) is 1.21. The first-order valence-electron chi connectivity index (χ1n) is 2.75. The lowest BCUT2D eigenvalue weighted by Crippen LogP contribution is -2.27. The third-order valence-electron chi connectivity index (χ3n) is 1.57. The number of carbonyl (C=O) groups is 1. The molecule has 3 heteroatoms. The lowest BCUT2D eigenvalue weighted by atomic mass is 10.1. The quantitative estimate of drug-likeness (QED) is 0.428. The van der Waals surface area contributed by atoms with Gasteiger partial charge in [0.1, 0.15) is 0 Å². The molecule has 1 fully saturated rings. The Bertz CT molecular complexity index is 113. The van der Waals surface area contributed by atoms with Crippen LogP contribution in [0.2, 0.25) is 0 Å². The van der Waals surface area contributed by atoms with Gasteiger partial charge in [0, 0.05) is 12.6 Å². The number of carbonyl (C=O) groups excluding carboxylic acids is 1. The zero-order valence-corrected chi connectivity index (χ0v) is 4.85. The Hall–Kier alpha value is -0.570. The second kappa shape index (κ2) is 1.74. The van der Waals surface area contributed by atoms with E-state index < -0.39 is 0 Å². The van der Waals surface area contributed by atoms with Crippen LogP contribution in [0.5, 0.6) is 0 Å². The second-order valence-corrected chi connectivity index (χ2v) is 2.20. The van der Waals surface area contributed by atoms with Crippen molar-refractivity contribution in [1.29, 1.82) is 0 Å². The molecule has 46 valence electrons. The van der Waals surface area contributed by atoms with E-state index in [1.54, 1.807) is 0 Å². The molecule has 2 atom stereocenters. The lowest BCUT2D eigenvalue weighted by molar-refractivity contribution is -0.122. The minimum absolute atomic E-state index is 0.00926. The van der Waals surface area contributed by atoms with Crippen molar-refractivity contribution in [2.24, 2.45) is 11.7 Å². The molecule has 0 spiro atoms. The molecule has 3 N–H and O–H groups in total. The van der Waals surface area contributed by atoms with Crippen molar-refractivity contribution in [3.05, 3.63) is 0 Å². The fraction of sp³-hybridized carbons (Fsp3) is 0.800. The van der Waals surface area contributed by atoms with Gasteiger partial charge in [-0.2, -0.15) is 0 Å². The van der Waals surface area contributed by atoms with Crippen LogP contribution in [0, 0.1) is 5.92 Å². The molecule has 0 aromatic rings. The summed E-state index contributed by atoms with van der Waals surface area (Å²) in [5.74, 6) is 0.0903. The molecule has 8 heavy (non-hydrogen) atoms. The number of hydrogen-bond acceptors (Lipinski definition) is 2. The van der Waals surface area contributed by atoms with Gasteiger partial charge in [-0.1, -0.05) is 6.92 Å². The SMILES string of the molecule is CC1C(=O)NCC1N. The monoisotopic (exact) mass is 114 g/mol. The molecule has 1 aliphatic rings. The van der Waals surface area contributed by atoms with Crippen LogP contribution in [0.15, 0.2) is 0 Å². The number of nitrogens with two attached hydrogens (primary N) is 1. The summed E-state index contributed by atoms with van der Waals surface area (Å²) in [5, 5.41) is 2.66. The van der Waals surface area contributed by atoms with Crippen molar-refractivity contribution in [3.63, 3.8) is 0 Å². The molecule has 0 saturated carbocycles. The number of nitrogens with one attached hydrogen (secondary N) is 1. The zero-order valence-electron chi connectivity index (χ0n) is 4.85. The number of amides is 1. The highest BCUT2D eigenvalue weighted by atomic mass is 16.2. The summed E-state index contributed by atoms with van der Waals surface area (Å²) < 4.78 is 0. The van der Waals surface area contributed by atoms with Gasteiger partial charge in [0.05, 0.1) is 5.92 Å². The molecule has 0 aliphatic carbocycles. The topological polar surface area (TPSA) is 55.1 Å². The van der Waals surface area contributed by atoms with Gasteiger partial charge in [-0.05, 0) is 0 Å². The Morgan fingerprint density at radius 3 is 2.62 bits per heavy atom. The van der Waals surface area contributed by atoms with E-state index in [4.69, 9.17) is 5.73 Å². The van der Waals surface area contributed by atoms with Gasteiger partial charge < -0.3 is 11.1 Å². The highest BCUT2D eigenvalue weighted by molar-refractivity contribution is 5.81. The molecule has 0 radical (unpaired) electrons. The first-order valence-corrected chi connectivity index (χ1v) is 2.75. The van der Waals surface area contributed by atoms with Crippen LogP contribution < -0.4 is 11.1 Å². The third-order valence-corrected chi connectivity index (χ3v) is 1.57. The summed E-state index contributed by atoms with van der Waals surface area (Å²) in [5.41, 5.74) is 5.49. The summed E-state index contributed by atoms with van der Waals surface area (Å²) in [6.07, 6.45) is 0. The Balaban J connectivity index is 2.56. The normalized spacial score (nSPS) is 37.5. The molecule has 1 rings (SSSR count). The summed E-state index contributed by atoms with van der Waals surface area (Å²) >= 11 is 0. The average Bonchev–Trinajstić information content (AvgIpc) is 1.98. The Labute approximate surface area is 48.2 Å². The van der Waals surface area contributed by atoms with Crippen molar-refractivity contribution in [3.8, 4) is 0 Å². The van der Waals surface area contributed by atoms with E-state index in [0.717, 1.165) is 0 Å². The van der Waals surface area contributed by atoms with Crippen molar-refractivity contribution < 1.29 is 4.79 Å². The standard InChI is InChI=1S/C5H10N2O/c1-3-4(6)2-7-5(3)8/h3-4H,2,6H2,1H3,(H,7,8). The Morgan fingerprint density at radius 1 is 1.88 bits per heavy atom. The van der Waals surface area contributed by atoms with Gasteiger partial charge in [-0.3, -0.25) is 4.79 Å². The van der Waals surface area contributed by atoms with Crippen LogP contribution in [0.25, 0.3) is 0 Å². The van der Waals surface area contributed by atoms with Crippen molar-refractivity contribution in [2.45, 2.75) is 13.0 Å². The lowest BCUT2D eigenvalue weighted by Gasteiger charge is -2.01. The van der Waals surface area contributed by atoms with Crippen molar-refractivity contribution in [1.82, 2.24) is 5.32 Å². The molecular weight excluding hydrogens is 104 g/mol. The maximum atomic E-state index is 10.6. The number of rotatable bonds is 0. The molecule has 0 aromatic heterocycles. The van der Waals surface area contributed by atoms with Crippen molar-refractivity contribution >= 4 is 5.91 Å². The van der Waals surface area contributed by atoms with Crippen LogP contribution in [-0.2, 0) is 4.79 Å². The summed E-state index contributed by atoms with van der Waals surface area (Å²) in [6.45, 7) is 2.48. The smallest absolute Gasteiger partial charge is 0.224 e. The van der Waals surface area contributed by atoms with E-state index >= 15 is 0 Å². The molecular formula is C5H10N2O. The van der Waals surface area contributed by atoms with E-state index in [-0.39, 0.29) is 17.9 Å². The van der Waals surface area contributed by atoms with E-state index in [2.05, 4.69) is 5.32 Å². The largest absolute Gasteiger partial charge is 0.354 e. The van der Waals surface area contributed by atoms with Gasteiger partial charge in [0.25, 0.3) is 0 Å². The highest BCUT2D eigenvalue weighted by Gasteiger charge is 2.26. The van der Waals surface area contributed by atoms with Gasteiger partial charge in [0.2, 0.25) is 5.91 Å². The van der Waals surface area contributed by atoms with E-state index in [1.807, 2.05) is 6.92 Å². The van der Waals surface area contributed by atoms with Gasteiger partial charge >= 0.3 is 0 Å². The maximum absolute atomic E-state index is 10.6. The second-order valence-electron chi connectivity index (χ2n) is 2.20. The van der Waals surface area contributed by atoms with E-state index in [9.17, 15) is 4.79 Å². The first-order chi connectivity index (χ1) is 3.72. The Morgan fingerprint density at radius 2 is 2.50 bits per heavy atom. The average molecular weight is 114 g/mol.